The third-order valence-corrected chi connectivity index (χ3v) is 3.43. The van der Waals surface area contributed by atoms with Crippen molar-refractivity contribution in [2.45, 2.75) is 19.8 Å². The number of piperidine rings is 1. The van der Waals surface area contributed by atoms with E-state index in [1.54, 1.807) is 0 Å². The molecule has 0 aromatic heterocycles. The summed E-state index contributed by atoms with van der Waals surface area (Å²) in [5.74, 6) is 0.471. The Bertz CT molecular complexity index is 149. The number of nitrogens with zero attached hydrogens (tertiary/aromatic N) is 1. The SMILES string of the molecule is CN1CCC(C(C)(CO)CO)CC1. The minimum Gasteiger partial charge on any atom is -0.396 e. The number of aliphatic hydroxyl groups excluding tert-OH is 2. The van der Waals surface area contributed by atoms with Gasteiger partial charge in [-0.25, -0.2) is 0 Å². The zero-order valence-electron chi connectivity index (χ0n) is 8.66. The molecule has 0 unspecified atom stereocenters. The maximum absolute atomic E-state index is 9.23. The highest BCUT2D eigenvalue weighted by Gasteiger charge is 2.34. The molecule has 0 bridgehead atoms. The van der Waals surface area contributed by atoms with E-state index in [0.717, 1.165) is 25.9 Å². The van der Waals surface area contributed by atoms with Crippen molar-refractivity contribution in [2.24, 2.45) is 11.3 Å². The predicted molar refractivity (Wildman–Crippen MR) is 52.5 cm³/mol. The van der Waals surface area contributed by atoms with Crippen LogP contribution in [0.4, 0.5) is 0 Å². The van der Waals surface area contributed by atoms with E-state index < -0.39 is 0 Å². The lowest BCUT2D eigenvalue weighted by atomic mass is 9.73. The van der Waals surface area contributed by atoms with Gasteiger partial charge >= 0.3 is 0 Å². The van der Waals surface area contributed by atoms with Crippen LogP contribution in [0.5, 0.6) is 0 Å². The number of likely N-dealkylation sites (tertiary alicyclic amines) is 1. The van der Waals surface area contributed by atoms with E-state index in [0.29, 0.717) is 5.92 Å². The van der Waals surface area contributed by atoms with Crippen LogP contribution in [-0.4, -0.2) is 48.5 Å². The molecule has 0 atom stereocenters. The van der Waals surface area contributed by atoms with Crippen molar-refractivity contribution in [1.29, 1.82) is 0 Å². The van der Waals surface area contributed by atoms with Crippen LogP contribution < -0.4 is 0 Å². The second-order valence-electron chi connectivity index (χ2n) is 4.55. The van der Waals surface area contributed by atoms with Gasteiger partial charge in [0.1, 0.15) is 0 Å². The standard InChI is InChI=1S/C10H21NO2/c1-10(7-12,8-13)9-3-5-11(2)6-4-9/h9,12-13H,3-8H2,1-2H3. The molecule has 0 amide bonds. The summed E-state index contributed by atoms with van der Waals surface area (Å²) in [4.78, 5) is 2.30. The molecule has 3 nitrogen and oxygen atoms in total. The van der Waals surface area contributed by atoms with Gasteiger partial charge in [0.2, 0.25) is 0 Å². The summed E-state index contributed by atoms with van der Waals surface area (Å²) < 4.78 is 0. The van der Waals surface area contributed by atoms with Crippen molar-refractivity contribution in [2.75, 3.05) is 33.4 Å². The molecule has 0 aliphatic carbocycles. The lowest BCUT2D eigenvalue weighted by molar-refractivity contribution is -0.00481. The molecule has 1 saturated heterocycles. The number of hydrogen-bond donors (Lipinski definition) is 2. The minimum atomic E-state index is -0.277. The van der Waals surface area contributed by atoms with Crippen molar-refractivity contribution >= 4 is 0 Å². The third kappa shape index (κ3) is 2.42. The highest BCUT2D eigenvalue weighted by atomic mass is 16.3. The average molecular weight is 187 g/mol. The van der Waals surface area contributed by atoms with Crippen LogP contribution in [0, 0.1) is 11.3 Å². The Labute approximate surface area is 80.4 Å². The number of aliphatic hydroxyl groups is 2. The first-order valence-corrected chi connectivity index (χ1v) is 5.02. The van der Waals surface area contributed by atoms with Crippen molar-refractivity contribution < 1.29 is 10.2 Å². The molecule has 0 aromatic carbocycles. The molecular formula is C10H21NO2. The smallest absolute Gasteiger partial charge is 0.0509 e. The highest BCUT2D eigenvalue weighted by Crippen LogP contribution is 2.34. The summed E-state index contributed by atoms with van der Waals surface area (Å²) in [6.07, 6.45) is 2.18. The molecule has 0 radical (unpaired) electrons. The van der Waals surface area contributed by atoms with Gasteiger partial charge in [0, 0.05) is 5.41 Å². The van der Waals surface area contributed by atoms with Gasteiger partial charge in [-0.05, 0) is 38.9 Å². The summed E-state index contributed by atoms with van der Waals surface area (Å²) >= 11 is 0. The fraction of sp³-hybridized carbons (Fsp3) is 1.00. The van der Waals surface area contributed by atoms with E-state index in [1.807, 2.05) is 6.92 Å². The van der Waals surface area contributed by atoms with E-state index in [4.69, 9.17) is 0 Å². The van der Waals surface area contributed by atoms with Crippen LogP contribution in [0.15, 0.2) is 0 Å². The normalized spacial score (nSPS) is 22.2. The molecule has 0 aromatic rings. The van der Waals surface area contributed by atoms with E-state index in [-0.39, 0.29) is 18.6 Å². The minimum absolute atomic E-state index is 0.0951. The Morgan fingerprint density at radius 3 is 2.08 bits per heavy atom. The zero-order chi connectivity index (χ0) is 9.90. The molecule has 2 N–H and O–H groups in total. The monoisotopic (exact) mass is 187 g/mol. The van der Waals surface area contributed by atoms with Gasteiger partial charge in [-0.2, -0.15) is 0 Å². The summed E-state index contributed by atoms with van der Waals surface area (Å²) in [5.41, 5.74) is -0.277. The quantitative estimate of drug-likeness (QED) is 0.668. The predicted octanol–water partition coefficient (Wildman–Crippen LogP) is 0.319. The maximum atomic E-state index is 9.23. The summed E-state index contributed by atoms with van der Waals surface area (Å²) in [5, 5.41) is 18.5. The lowest BCUT2D eigenvalue weighted by Crippen LogP contribution is -2.42. The molecule has 13 heavy (non-hydrogen) atoms. The van der Waals surface area contributed by atoms with Gasteiger partial charge in [0.15, 0.2) is 0 Å². The molecule has 0 saturated carbocycles. The van der Waals surface area contributed by atoms with E-state index >= 15 is 0 Å². The van der Waals surface area contributed by atoms with Crippen LogP contribution in [0.2, 0.25) is 0 Å². The first-order chi connectivity index (χ1) is 6.12. The van der Waals surface area contributed by atoms with Crippen LogP contribution >= 0.6 is 0 Å². The summed E-state index contributed by atoms with van der Waals surface area (Å²) in [6, 6.07) is 0. The second-order valence-corrected chi connectivity index (χ2v) is 4.55. The van der Waals surface area contributed by atoms with Crippen molar-refractivity contribution in [3.63, 3.8) is 0 Å². The largest absolute Gasteiger partial charge is 0.396 e. The van der Waals surface area contributed by atoms with Gasteiger partial charge < -0.3 is 15.1 Å². The van der Waals surface area contributed by atoms with E-state index in [9.17, 15) is 10.2 Å². The number of hydrogen-bond acceptors (Lipinski definition) is 3. The van der Waals surface area contributed by atoms with E-state index in [2.05, 4.69) is 11.9 Å². The van der Waals surface area contributed by atoms with Crippen LogP contribution in [0.25, 0.3) is 0 Å². The van der Waals surface area contributed by atoms with Crippen molar-refractivity contribution in [3.05, 3.63) is 0 Å². The van der Waals surface area contributed by atoms with Crippen molar-refractivity contribution in [1.82, 2.24) is 4.90 Å². The van der Waals surface area contributed by atoms with Gasteiger partial charge in [0.05, 0.1) is 13.2 Å². The molecule has 1 aliphatic heterocycles. The van der Waals surface area contributed by atoms with Crippen LogP contribution in [-0.2, 0) is 0 Å². The van der Waals surface area contributed by atoms with Gasteiger partial charge in [-0.15, -0.1) is 0 Å². The molecule has 1 heterocycles. The summed E-state index contributed by atoms with van der Waals surface area (Å²) in [6.45, 7) is 4.33. The Morgan fingerprint density at radius 1 is 1.23 bits per heavy atom. The van der Waals surface area contributed by atoms with Crippen molar-refractivity contribution in [3.8, 4) is 0 Å². The Kier molecular flexibility index (Phi) is 3.71. The highest BCUT2D eigenvalue weighted by molar-refractivity contribution is 4.85. The second kappa shape index (κ2) is 4.40. The van der Waals surface area contributed by atoms with Gasteiger partial charge in [-0.1, -0.05) is 6.92 Å². The molecule has 1 aliphatic rings. The molecule has 78 valence electrons. The Hall–Kier alpha value is -0.120. The Balaban J connectivity index is 2.51. The topological polar surface area (TPSA) is 43.7 Å². The van der Waals surface area contributed by atoms with Gasteiger partial charge in [-0.3, -0.25) is 0 Å². The Morgan fingerprint density at radius 2 is 1.69 bits per heavy atom. The fourth-order valence-corrected chi connectivity index (χ4v) is 2.01. The van der Waals surface area contributed by atoms with Crippen LogP contribution in [0.1, 0.15) is 19.8 Å². The molecule has 1 rings (SSSR count). The fourth-order valence-electron chi connectivity index (χ4n) is 2.01. The molecule has 1 fully saturated rings. The maximum Gasteiger partial charge on any atom is 0.0509 e. The van der Waals surface area contributed by atoms with Gasteiger partial charge in [0.25, 0.3) is 0 Å². The molecule has 0 spiro atoms. The first-order valence-electron chi connectivity index (χ1n) is 5.02. The first kappa shape index (κ1) is 11.0. The van der Waals surface area contributed by atoms with E-state index in [1.165, 1.54) is 0 Å². The number of rotatable bonds is 3. The van der Waals surface area contributed by atoms with Crippen LogP contribution in [0.3, 0.4) is 0 Å². The molecular weight excluding hydrogens is 166 g/mol. The third-order valence-electron chi connectivity index (χ3n) is 3.43. The summed E-state index contributed by atoms with van der Waals surface area (Å²) in [7, 11) is 2.12. The molecule has 3 heteroatoms. The lowest BCUT2D eigenvalue weighted by Gasteiger charge is -2.39. The zero-order valence-corrected chi connectivity index (χ0v) is 8.66. The average Bonchev–Trinajstić information content (AvgIpc) is 2.18.